The van der Waals surface area contributed by atoms with E-state index in [4.69, 9.17) is 21.1 Å². The van der Waals surface area contributed by atoms with E-state index in [9.17, 15) is 19.2 Å². The molecule has 0 aromatic rings. The second-order valence-corrected chi connectivity index (χ2v) is 4.48. The lowest BCUT2D eigenvalue weighted by Crippen LogP contribution is -2.47. The van der Waals surface area contributed by atoms with E-state index in [0.29, 0.717) is 0 Å². The molecule has 6 N–H and O–H groups in total. The molecule has 10 nitrogen and oxygen atoms in total. The van der Waals surface area contributed by atoms with Gasteiger partial charge in [-0.2, -0.15) is 0 Å². The summed E-state index contributed by atoms with van der Waals surface area (Å²) in [6.45, 7) is 8.98. The zero-order valence-electron chi connectivity index (χ0n) is 13.3. The van der Waals surface area contributed by atoms with Gasteiger partial charge >= 0.3 is 17.9 Å². The van der Waals surface area contributed by atoms with Crippen molar-refractivity contribution >= 4 is 23.8 Å². The molecule has 0 saturated carbocycles. The van der Waals surface area contributed by atoms with E-state index < -0.39 is 48.1 Å². The van der Waals surface area contributed by atoms with Crippen LogP contribution in [-0.4, -0.2) is 63.4 Å². The van der Waals surface area contributed by atoms with Crippen molar-refractivity contribution in [3.8, 4) is 0 Å². The molecule has 0 heterocycles. The number of carbonyl (C=O) groups excluding carboxylic acids is 2. The van der Waals surface area contributed by atoms with Crippen molar-refractivity contribution in [2.24, 2.45) is 5.73 Å². The third-order valence-corrected chi connectivity index (χ3v) is 2.49. The molecule has 0 spiro atoms. The zero-order valence-corrected chi connectivity index (χ0v) is 13.3. The molecule has 24 heavy (non-hydrogen) atoms. The first-order valence-electron chi connectivity index (χ1n) is 6.63. The monoisotopic (exact) mass is 346 g/mol. The standard InChI is InChI=1S/2C7H11NO4/c1-3-5(9)12-4(2)6(8)7(10)11;1-3-5(10)8-6(4(2)9)7(11)12/h3-4,6H,1,8H2,2H3,(H,10,11);3-4,6,9H,1H2,2H3,(H,8,10)(H,11,12)/t2*4?,6-/m00/s1. The van der Waals surface area contributed by atoms with Crippen molar-refractivity contribution in [3.05, 3.63) is 25.3 Å². The highest BCUT2D eigenvalue weighted by molar-refractivity contribution is 5.90. The Morgan fingerprint density at radius 1 is 1.08 bits per heavy atom. The Balaban J connectivity index is 0. The summed E-state index contributed by atoms with van der Waals surface area (Å²) in [5.41, 5.74) is 5.15. The Morgan fingerprint density at radius 2 is 1.58 bits per heavy atom. The number of esters is 1. The van der Waals surface area contributed by atoms with Crippen molar-refractivity contribution in [2.45, 2.75) is 38.1 Å². The number of carbonyl (C=O) groups is 4. The van der Waals surface area contributed by atoms with Gasteiger partial charge in [-0.3, -0.25) is 9.59 Å². The lowest BCUT2D eigenvalue weighted by Gasteiger charge is -2.15. The largest absolute Gasteiger partial charge is 0.480 e. The second-order valence-electron chi connectivity index (χ2n) is 4.48. The first-order valence-corrected chi connectivity index (χ1v) is 6.63. The Kier molecular flexibility index (Phi) is 11.6. The maximum Gasteiger partial charge on any atom is 0.330 e. The second kappa shape index (κ2) is 11.8. The van der Waals surface area contributed by atoms with Crippen LogP contribution in [0, 0.1) is 0 Å². The summed E-state index contributed by atoms with van der Waals surface area (Å²) in [5.74, 6) is -3.79. The molecule has 4 atom stereocenters. The van der Waals surface area contributed by atoms with Crippen LogP contribution in [0.3, 0.4) is 0 Å². The fourth-order valence-electron chi connectivity index (χ4n) is 1.11. The smallest absolute Gasteiger partial charge is 0.330 e. The van der Waals surface area contributed by atoms with Crippen LogP contribution >= 0.6 is 0 Å². The summed E-state index contributed by atoms with van der Waals surface area (Å²) in [6, 6.07) is -2.48. The molecule has 0 bridgehead atoms. The van der Waals surface area contributed by atoms with Gasteiger partial charge in [0.25, 0.3) is 0 Å². The summed E-state index contributed by atoms with van der Waals surface area (Å²) in [7, 11) is 0. The van der Waals surface area contributed by atoms with Crippen LogP contribution in [-0.2, 0) is 23.9 Å². The quantitative estimate of drug-likeness (QED) is 0.262. The SMILES string of the molecule is C=CC(=O)N[C@H](C(=O)O)C(C)O.C=CC(=O)OC(C)[C@H](N)C(=O)O. The Morgan fingerprint density at radius 3 is 1.88 bits per heavy atom. The molecule has 0 aromatic carbocycles. The first-order chi connectivity index (χ1) is 11.0. The van der Waals surface area contributed by atoms with Gasteiger partial charge in [0, 0.05) is 6.08 Å². The van der Waals surface area contributed by atoms with E-state index in [1.165, 1.54) is 13.8 Å². The molecule has 0 aliphatic rings. The van der Waals surface area contributed by atoms with Gasteiger partial charge in [0.2, 0.25) is 5.91 Å². The number of ether oxygens (including phenoxy) is 1. The van der Waals surface area contributed by atoms with Crippen LogP contribution in [0.25, 0.3) is 0 Å². The lowest BCUT2D eigenvalue weighted by atomic mass is 10.2. The molecule has 0 aliphatic heterocycles. The van der Waals surface area contributed by atoms with Crippen LogP contribution in [0.4, 0.5) is 0 Å². The maximum atomic E-state index is 10.6. The average molecular weight is 346 g/mol. The van der Waals surface area contributed by atoms with Gasteiger partial charge in [0.05, 0.1) is 6.10 Å². The molecule has 0 saturated heterocycles. The van der Waals surface area contributed by atoms with Crippen molar-refractivity contribution in [3.63, 3.8) is 0 Å². The molecular formula is C14H22N2O8. The highest BCUT2D eigenvalue weighted by Crippen LogP contribution is 1.97. The number of aliphatic hydroxyl groups excluding tert-OH is 1. The summed E-state index contributed by atoms with van der Waals surface area (Å²) < 4.78 is 4.56. The fourth-order valence-corrected chi connectivity index (χ4v) is 1.11. The third kappa shape index (κ3) is 10.1. The van der Waals surface area contributed by atoms with Crippen molar-refractivity contribution in [1.29, 1.82) is 0 Å². The van der Waals surface area contributed by atoms with Gasteiger partial charge in [0.15, 0.2) is 6.04 Å². The number of nitrogens with two attached hydrogens (primary N) is 1. The molecule has 2 unspecified atom stereocenters. The number of hydrogen-bond donors (Lipinski definition) is 5. The van der Waals surface area contributed by atoms with Crippen molar-refractivity contribution in [1.82, 2.24) is 5.32 Å². The minimum Gasteiger partial charge on any atom is -0.480 e. The van der Waals surface area contributed by atoms with Gasteiger partial charge in [-0.05, 0) is 19.9 Å². The lowest BCUT2D eigenvalue weighted by molar-refractivity contribution is -0.149. The van der Waals surface area contributed by atoms with Crippen LogP contribution in [0.1, 0.15) is 13.8 Å². The minimum atomic E-state index is -1.28. The number of nitrogens with one attached hydrogen (secondary N) is 1. The van der Waals surface area contributed by atoms with Gasteiger partial charge < -0.3 is 31.1 Å². The first kappa shape index (κ1) is 23.5. The molecule has 1 amide bonds. The number of hydrogen-bond acceptors (Lipinski definition) is 7. The van der Waals surface area contributed by atoms with Gasteiger partial charge in [-0.15, -0.1) is 0 Å². The predicted molar refractivity (Wildman–Crippen MR) is 82.8 cm³/mol. The molecule has 10 heteroatoms. The number of amides is 1. The summed E-state index contributed by atoms with van der Waals surface area (Å²) >= 11 is 0. The molecule has 0 fully saturated rings. The Hall–Kier alpha value is -2.72. The number of aliphatic hydroxyl groups is 1. The van der Waals surface area contributed by atoms with E-state index in [1.54, 1.807) is 0 Å². The van der Waals surface area contributed by atoms with E-state index in [0.717, 1.165) is 12.2 Å². The Bertz CT molecular complexity index is 489. The highest BCUT2D eigenvalue weighted by atomic mass is 16.5. The topological polar surface area (TPSA) is 176 Å². The van der Waals surface area contributed by atoms with Crippen molar-refractivity contribution in [2.75, 3.05) is 0 Å². The molecule has 0 rings (SSSR count). The molecule has 136 valence electrons. The maximum absolute atomic E-state index is 10.6. The minimum absolute atomic E-state index is 0.622. The normalized spacial score (nSPS) is 14.5. The van der Waals surface area contributed by atoms with Crippen LogP contribution < -0.4 is 11.1 Å². The number of carboxylic acids is 2. The zero-order chi connectivity index (χ0) is 19.4. The predicted octanol–water partition coefficient (Wildman–Crippen LogP) is -1.36. The van der Waals surface area contributed by atoms with Crippen LogP contribution in [0.2, 0.25) is 0 Å². The molecule has 0 radical (unpaired) electrons. The van der Waals surface area contributed by atoms with Gasteiger partial charge in [-0.25, -0.2) is 9.59 Å². The highest BCUT2D eigenvalue weighted by Gasteiger charge is 2.24. The van der Waals surface area contributed by atoms with E-state index in [1.807, 2.05) is 0 Å². The summed E-state index contributed by atoms with van der Waals surface area (Å²) in [4.78, 5) is 41.8. The third-order valence-electron chi connectivity index (χ3n) is 2.49. The van der Waals surface area contributed by atoms with Gasteiger partial charge in [-0.1, -0.05) is 13.2 Å². The summed E-state index contributed by atoms with van der Waals surface area (Å²) in [6.07, 6.45) is -0.0944. The van der Waals surface area contributed by atoms with Crippen LogP contribution in [0.5, 0.6) is 0 Å². The van der Waals surface area contributed by atoms with Crippen LogP contribution in [0.15, 0.2) is 25.3 Å². The van der Waals surface area contributed by atoms with E-state index >= 15 is 0 Å². The average Bonchev–Trinajstić information content (AvgIpc) is 2.50. The molecular weight excluding hydrogens is 324 g/mol. The summed E-state index contributed by atoms with van der Waals surface area (Å²) in [5, 5.41) is 27.8. The number of rotatable bonds is 8. The Labute approximate surface area is 138 Å². The van der Waals surface area contributed by atoms with E-state index in [2.05, 4.69) is 23.2 Å². The molecule has 0 aliphatic carbocycles. The number of aliphatic carboxylic acids is 2. The fraction of sp³-hybridized carbons (Fsp3) is 0.429. The van der Waals surface area contributed by atoms with Crippen molar-refractivity contribution < 1.29 is 39.2 Å². The molecule has 0 aromatic heterocycles. The van der Waals surface area contributed by atoms with Gasteiger partial charge in [0.1, 0.15) is 12.1 Å². The number of carboxylic acid groups (broad SMARTS) is 2. The van der Waals surface area contributed by atoms with E-state index in [-0.39, 0.29) is 0 Å².